The van der Waals surface area contributed by atoms with E-state index in [0.29, 0.717) is 5.82 Å². The fraction of sp³-hybridized carbons (Fsp3) is 0. The smallest absolute Gasteiger partial charge is 0.160 e. The molecule has 45 heavy (non-hydrogen) atoms. The van der Waals surface area contributed by atoms with Crippen LogP contribution in [0.2, 0.25) is 0 Å². The highest BCUT2D eigenvalue weighted by atomic mass is 15.0. The van der Waals surface area contributed by atoms with Gasteiger partial charge in [-0.2, -0.15) is 0 Å². The Labute approximate surface area is 260 Å². The number of hydrogen-bond acceptors (Lipinski definition) is 2. The SMILES string of the molecule is c1ccc(-c2cc(-c3cc4ccccc4c4ccccc34)nc(-c3ccc(-n4c5ccccc5c5ccccc54)cc3)n2)cc1. The Morgan fingerprint density at radius 3 is 1.64 bits per heavy atom. The lowest BCUT2D eigenvalue weighted by Crippen LogP contribution is -1.98. The summed E-state index contributed by atoms with van der Waals surface area (Å²) in [4.78, 5) is 10.3. The molecule has 0 aliphatic carbocycles. The van der Waals surface area contributed by atoms with E-state index in [1.807, 2.05) is 6.07 Å². The molecule has 7 aromatic carbocycles. The number of hydrogen-bond donors (Lipinski definition) is 0. The number of aromatic nitrogens is 3. The highest BCUT2D eigenvalue weighted by Crippen LogP contribution is 2.37. The highest BCUT2D eigenvalue weighted by molar-refractivity contribution is 6.13. The molecule has 2 heterocycles. The van der Waals surface area contributed by atoms with E-state index < -0.39 is 0 Å². The van der Waals surface area contributed by atoms with Crippen LogP contribution >= 0.6 is 0 Å². The summed E-state index contributed by atoms with van der Waals surface area (Å²) in [6.45, 7) is 0. The molecule has 0 radical (unpaired) electrons. The Morgan fingerprint density at radius 1 is 0.378 bits per heavy atom. The first-order valence-electron chi connectivity index (χ1n) is 15.3. The van der Waals surface area contributed by atoms with Crippen molar-refractivity contribution in [3.8, 4) is 39.6 Å². The Balaban J connectivity index is 1.23. The van der Waals surface area contributed by atoms with Crippen molar-refractivity contribution in [3.05, 3.63) is 164 Å². The Kier molecular flexibility index (Phi) is 5.82. The standard InChI is InChI=1S/C42H27N3/c1-2-12-28(13-3-1)38-27-39(37-26-30-14-4-5-15-32(30)33-16-6-7-17-34(33)37)44-42(43-38)29-22-24-31(25-23-29)45-40-20-10-8-18-35(40)36-19-9-11-21-41(36)45/h1-27H. The minimum absolute atomic E-state index is 0.706. The molecule has 0 bridgehead atoms. The van der Waals surface area contributed by atoms with Crippen LogP contribution in [0.3, 0.4) is 0 Å². The van der Waals surface area contributed by atoms with Crippen molar-refractivity contribution in [3.63, 3.8) is 0 Å². The topological polar surface area (TPSA) is 30.7 Å². The van der Waals surface area contributed by atoms with Gasteiger partial charge in [-0.05, 0) is 70.1 Å². The van der Waals surface area contributed by atoms with E-state index in [2.05, 4.69) is 162 Å². The van der Waals surface area contributed by atoms with Crippen molar-refractivity contribution in [1.29, 1.82) is 0 Å². The second kappa shape index (κ2) is 10.3. The lowest BCUT2D eigenvalue weighted by molar-refractivity contribution is 1.16. The van der Waals surface area contributed by atoms with Gasteiger partial charge in [0.1, 0.15) is 0 Å². The Bertz CT molecular complexity index is 2470. The predicted molar refractivity (Wildman–Crippen MR) is 188 cm³/mol. The second-order valence-electron chi connectivity index (χ2n) is 11.4. The lowest BCUT2D eigenvalue weighted by atomic mass is 9.95. The zero-order valence-corrected chi connectivity index (χ0v) is 24.4. The summed E-state index contributed by atoms with van der Waals surface area (Å²) in [5.74, 6) is 0.706. The summed E-state index contributed by atoms with van der Waals surface area (Å²) in [7, 11) is 0. The number of rotatable bonds is 4. The van der Waals surface area contributed by atoms with Crippen molar-refractivity contribution in [2.75, 3.05) is 0 Å². The molecule has 9 rings (SSSR count). The lowest BCUT2D eigenvalue weighted by Gasteiger charge is -2.14. The molecule has 0 aliphatic heterocycles. The summed E-state index contributed by atoms with van der Waals surface area (Å²) in [5, 5.41) is 7.36. The number of fused-ring (bicyclic) bond motifs is 6. The van der Waals surface area contributed by atoms with E-state index in [-0.39, 0.29) is 0 Å². The van der Waals surface area contributed by atoms with Gasteiger partial charge in [-0.1, -0.05) is 115 Å². The molecule has 0 unspecified atom stereocenters. The van der Waals surface area contributed by atoms with Crippen molar-refractivity contribution in [2.45, 2.75) is 0 Å². The highest BCUT2D eigenvalue weighted by Gasteiger charge is 2.16. The van der Waals surface area contributed by atoms with Gasteiger partial charge in [0.05, 0.1) is 22.4 Å². The van der Waals surface area contributed by atoms with Crippen LogP contribution in [0.4, 0.5) is 0 Å². The van der Waals surface area contributed by atoms with Crippen molar-refractivity contribution in [2.24, 2.45) is 0 Å². The van der Waals surface area contributed by atoms with Gasteiger partial charge in [0, 0.05) is 33.2 Å². The van der Waals surface area contributed by atoms with Gasteiger partial charge in [0.2, 0.25) is 0 Å². The van der Waals surface area contributed by atoms with Crippen LogP contribution in [0.1, 0.15) is 0 Å². The summed E-state index contributed by atoms with van der Waals surface area (Å²) in [6, 6.07) is 57.8. The molecule has 0 saturated heterocycles. The molecule has 0 amide bonds. The summed E-state index contributed by atoms with van der Waals surface area (Å²) in [5.41, 5.74) is 8.45. The minimum atomic E-state index is 0.706. The first kappa shape index (κ1) is 25.4. The van der Waals surface area contributed by atoms with Crippen LogP contribution in [0.15, 0.2) is 164 Å². The van der Waals surface area contributed by atoms with E-state index in [0.717, 1.165) is 33.8 Å². The fourth-order valence-electron chi connectivity index (χ4n) is 6.70. The molecule has 3 heteroatoms. The second-order valence-corrected chi connectivity index (χ2v) is 11.4. The fourth-order valence-corrected chi connectivity index (χ4v) is 6.70. The summed E-state index contributed by atoms with van der Waals surface area (Å²) < 4.78 is 2.34. The number of para-hydroxylation sites is 2. The van der Waals surface area contributed by atoms with Gasteiger partial charge in [-0.15, -0.1) is 0 Å². The molecule has 0 fully saturated rings. The Morgan fingerprint density at radius 2 is 0.933 bits per heavy atom. The summed E-state index contributed by atoms with van der Waals surface area (Å²) in [6.07, 6.45) is 0. The van der Waals surface area contributed by atoms with Crippen molar-refractivity contribution in [1.82, 2.24) is 14.5 Å². The first-order chi connectivity index (χ1) is 22.3. The molecule has 3 nitrogen and oxygen atoms in total. The van der Waals surface area contributed by atoms with Gasteiger partial charge in [-0.25, -0.2) is 9.97 Å². The van der Waals surface area contributed by atoms with Gasteiger partial charge >= 0.3 is 0 Å². The van der Waals surface area contributed by atoms with Crippen molar-refractivity contribution >= 4 is 43.4 Å². The summed E-state index contributed by atoms with van der Waals surface area (Å²) >= 11 is 0. The van der Waals surface area contributed by atoms with Gasteiger partial charge in [0.15, 0.2) is 5.82 Å². The van der Waals surface area contributed by atoms with E-state index in [4.69, 9.17) is 9.97 Å². The predicted octanol–water partition coefficient (Wildman–Crippen LogP) is 10.9. The molecule has 0 atom stereocenters. The molecular weight excluding hydrogens is 546 g/mol. The molecule has 0 aliphatic rings. The van der Waals surface area contributed by atoms with Crippen LogP contribution < -0.4 is 0 Å². The maximum Gasteiger partial charge on any atom is 0.160 e. The average Bonchev–Trinajstić information content (AvgIpc) is 3.46. The molecule has 2 aromatic heterocycles. The third-order valence-corrected chi connectivity index (χ3v) is 8.80. The first-order valence-corrected chi connectivity index (χ1v) is 15.3. The molecule has 9 aromatic rings. The molecule has 0 N–H and O–H groups in total. The molecule has 0 saturated carbocycles. The largest absolute Gasteiger partial charge is 0.309 e. The van der Waals surface area contributed by atoms with Gasteiger partial charge in [-0.3, -0.25) is 0 Å². The van der Waals surface area contributed by atoms with Crippen LogP contribution in [-0.4, -0.2) is 14.5 Å². The third kappa shape index (κ3) is 4.21. The van der Waals surface area contributed by atoms with E-state index in [1.54, 1.807) is 0 Å². The number of benzene rings is 7. The van der Waals surface area contributed by atoms with Crippen molar-refractivity contribution < 1.29 is 0 Å². The maximum absolute atomic E-state index is 5.23. The van der Waals surface area contributed by atoms with Gasteiger partial charge < -0.3 is 4.57 Å². The molecular formula is C42H27N3. The monoisotopic (exact) mass is 573 g/mol. The quantitative estimate of drug-likeness (QED) is 0.196. The van der Waals surface area contributed by atoms with Crippen LogP contribution in [0.5, 0.6) is 0 Å². The average molecular weight is 574 g/mol. The normalized spacial score (nSPS) is 11.6. The molecule has 210 valence electrons. The van der Waals surface area contributed by atoms with Gasteiger partial charge in [0.25, 0.3) is 0 Å². The Hall–Kier alpha value is -6.06. The van der Waals surface area contributed by atoms with E-state index in [9.17, 15) is 0 Å². The third-order valence-electron chi connectivity index (χ3n) is 8.80. The number of nitrogens with zero attached hydrogens (tertiary/aromatic N) is 3. The maximum atomic E-state index is 5.23. The minimum Gasteiger partial charge on any atom is -0.309 e. The van der Waals surface area contributed by atoms with Crippen LogP contribution in [-0.2, 0) is 0 Å². The van der Waals surface area contributed by atoms with Crippen LogP contribution in [0.25, 0.3) is 82.9 Å². The molecule has 0 spiro atoms. The van der Waals surface area contributed by atoms with Crippen LogP contribution in [0, 0.1) is 0 Å². The van der Waals surface area contributed by atoms with E-state index in [1.165, 1.54) is 43.4 Å². The van der Waals surface area contributed by atoms with E-state index >= 15 is 0 Å². The zero-order valence-electron chi connectivity index (χ0n) is 24.4. The zero-order chi connectivity index (χ0) is 29.7.